The lowest BCUT2D eigenvalue weighted by molar-refractivity contribution is -0.116. The largest absolute Gasteiger partial charge is 0.497 e. The molecule has 146 valence electrons. The van der Waals surface area contributed by atoms with Crippen molar-refractivity contribution in [3.63, 3.8) is 0 Å². The number of carbonyl (C=O) groups is 1. The highest BCUT2D eigenvalue weighted by molar-refractivity contribution is 7.92. The van der Waals surface area contributed by atoms with E-state index in [1.807, 2.05) is 0 Å². The van der Waals surface area contributed by atoms with Gasteiger partial charge < -0.3 is 14.8 Å². The van der Waals surface area contributed by atoms with E-state index in [0.29, 0.717) is 27.9 Å². The molecule has 27 heavy (non-hydrogen) atoms. The van der Waals surface area contributed by atoms with E-state index < -0.39 is 22.0 Å². The fourth-order valence-electron chi connectivity index (χ4n) is 2.55. The number of benzene rings is 2. The number of anilines is 2. The van der Waals surface area contributed by atoms with E-state index >= 15 is 0 Å². The molecule has 2 aromatic carbocycles. The summed E-state index contributed by atoms with van der Waals surface area (Å²) < 4.78 is 36.0. The van der Waals surface area contributed by atoms with Crippen LogP contribution >= 0.6 is 11.6 Å². The van der Waals surface area contributed by atoms with Crippen molar-refractivity contribution in [3.8, 4) is 11.5 Å². The van der Waals surface area contributed by atoms with Crippen molar-refractivity contribution in [1.29, 1.82) is 0 Å². The molecule has 0 aliphatic rings. The number of amides is 1. The van der Waals surface area contributed by atoms with Gasteiger partial charge in [0.25, 0.3) is 0 Å². The second-order valence-corrected chi connectivity index (χ2v) is 8.06. The van der Waals surface area contributed by atoms with Crippen molar-refractivity contribution in [2.75, 3.05) is 30.1 Å². The average molecular weight is 413 g/mol. The molecule has 0 heterocycles. The van der Waals surface area contributed by atoms with Crippen molar-refractivity contribution in [2.45, 2.75) is 13.0 Å². The number of hydrogen-bond acceptors (Lipinski definition) is 5. The lowest BCUT2D eigenvalue weighted by atomic mass is 10.2. The van der Waals surface area contributed by atoms with Crippen LogP contribution in [0.3, 0.4) is 0 Å². The van der Waals surface area contributed by atoms with Crippen LogP contribution in [0.1, 0.15) is 6.92 Å². The minimum absolute atomic E-state index is 0.346. The number of halogens is 1. The first-order valence-corrected chi connectivity index (χ1v) is 10.2. The Hall–Kier alpha value is -2.45. The van der Waals surface area contributed by atoms with Gasteiger partial charge in [0, 0.05) is 5.02 Å². The zero-order valence-electron chi connectivity index (χ0n) is 15.4. The number of nitrogens with one attached hydrogen (secondary N) is 1. The van der Waals surface area contributed by atoms with Gasteiger partial charge in [0.2, 0.25) is 15.9 Å². The van der Waals surface area contributed by atoms with Crippen molar-refractivity contribution >= 4 is 38.9 Å². The number of ether oxygens (including phenoxy) is 2. The second kappa shape index (κ2) is 8.49. The standard InChI is InChI=1S/C18H21ClN2O5S/c1-12(18(22)20-16-11-13(19)5-10-17(16)26-3)21(27(4,23)24)14-6-8-15(25-2)9-7-14/h5-12H,1-4H3,(H,20,22)/t12-/m1/s1. The van der Waals surface area contributed by atoms with Gasteiger partial charge in [0.1, 0.15) is 17.5 Å². The molecule has 0 spiro atoms. The number of methoxy groups -OCH3 is 2. The van der Waals surface area contributed by atoms with Gasteiger partial charge in [-0.05, 0) is 49.4 Å². The summed E-state index contributed by atoms with van der Waals surface area (Å²) in [5, 5.41) is 3.08. The molecule has 0 saturated carbocycles. The van der Waals surface area contributed by atoms with Gasteiger partial charge in [-0.3, -0.25) is 9.10 Å². The normalized spacial score (nSPS) is 12.2. The van der Waals surface area contributed by atoms with Crippen LogP contribution < -0.4 is 19.1 Å². The number of nitrogens with zero attached hydrogens (tertiary/aromatic N) is 1. The second-order valence-electron chi connectivity index (χ2n) is 5.77. The molecule has 0 aliphatic carbocycles. The molecule has 1 amide bonds. The molecule has 9 heteroatoms. The van der Waals surface area contributed by atoms with E-state index in [4.69, 9.17) is 21.1 Å². The molecular weight excluding hydrogens is 392 g/mol. The Morgan fingerprint density at radius 2 is 1.74 bits per heavy atom. The molecule has 1 N–H and O–H groups in total. The summed E-state index contributed by atoms with van der Waals surface area (Å²) in [4.78, 5) is 12.7. The topological polar surface area (TPSA) is 84.9 Å². The third-order valence-electron chi connectivity index (χ3n) is 3.83. The minimum atomic E-state index is -3.72. The van der Waals surface area contributed by atoms with Gasteiger partial charge in [0.05, 0.1) is 31.9 Å². The summed E-state index contributed by atoms with van der Waals surface area (Å²) in [6.07, 6.45) is 1.04. The summed E-state index contributed by atoms with van der Waals surface area (Å²) >= 11 is 5.97. The number of hydrogen-bond donors (Lipinski definition) is 1. The van der Waals surface area contributed by atoms with E-state index in [1.165, 1.54) is 27.2 Å². The van der Waals surface area contributed by atoms with Crippen LogP contribution in [-0.2, 0) is 14.8 Å². The van der Waals surface area contributed by atoms with Crippen molar-refractivity contribution in [3.05, 3.63) is 47.5 Å². The van der Waals surface area contributed by atoms with Crippen LogP contribution in [0.5, 0.6) is 11.5 Å². The van der Waals surface area contributed by atoms with E-state index in [2.05, 4.69) is 5.32 Å². The van der Waals surface area contributed by atoms with Gasteiger partial charge in [-0.1, -0.05) is 11.6 Å². The number of rotatable bonds is 7. The van der Waals surface area contributed by atoms with Crippen LogP contribution in [-0.4, -0.2) is 40.8 Å². The molecule has 7 nitrogen and oxygen atoms in total. The molecule has 0 aliphatic heterocycles. The molecule has 2 rings (SSSR count). The zero-order chi connectivity index (χ0) is 20.2. The SMILES string of the molecule is COc1ccc(N([C@H](C)C(=O)Nc2cc(Cl)ccc2OC)S(C)(=O)=O)cc1. The third-order valence-corrected chi connectivity index (χ3v) is 5.31. The first-order valence-electron chi connectivity index (χ1n) is 7.95. The van der Waals surface area contributed by atoms with E-state index in [9.17, 15) is 13.2 Å². The molecule has 2 aromatic rings. The zero-order valence-corrected chi connectivity index (χ0v) is 17.0. The Morgan fingerprint density at radius 3 is 2.26 bits per heavy atom. The minimum Gasteiger partial charge on any atom is -0.497 e. The summed E-state index contributed by atoms with van der Waals surface area (Å²) in [7, 11) is -0.751. The van der Waals surface area contributed by atoms with Crippen LogP contribution in [0, 0.1) is 0 Å². The fourth-order valence-corrected chi connectivity index (χ4v) is 3.90. The fraction of sp³-hybridized carbons (Fsp3) is 0.278. The summed E-state index contributed by atoms with van der Waals surface area (Å²) in [6.45, 7) is 1.50. The van der Waals surface area contributed by atoms with Gasteiger partial charge >= 0.3 is 0 Å². The highest BCUT2D eigenvalue weighted by atomic mass is 35.5. The highest BCUT2D eigenvalue weighted by Crippen LogP contribution is 2.29. The molecule has 1 atom stereocenters. The average Bonchev–Trinajstić information content (AvgIpc) is 2.61. The first-order chi connectivity index (χ1) is 12.7. The van der Waals surface area contributed by atoms with Crippen molar-refractivity contribution < 1.29 is 22.7 Å². The lowest BCUT2D eigenvalue weighted by Gasteiger charge is -2.28. The van der Waals surface area contributed by atoms with E-state index in [-0.39, 0.29) is 0 Å². The van der Waals surface area contributed by atoms with Gasteiger partial charge in [0.15, 0.2) is 0 Å². The summed E-state index contributed by atoms with van der Waals surface area (Å²) in [5.41, 5.74) is 0.698. The Kier molecular flexibility index (Phi) is 6.56. The Balaban J connectivity index is 2.33. The maximum absolute atomic E-state index is 12.7. The quantitative estimate of drug-likeness (QED) is 0.755. The van der Waals surface area contributed by atoms with Gasteiger partial charge in [-0.15, -0.1) is 0 Å². The van der Waals surface area contributed by atoms with Gasteiger partial charge in [-0.2, -0.15) is 0 Å². The summed E-state index contributed by atoms with van der Waals surface area (Å²) in [5.74, 6) is 0.458. The summed E-state index contributed by atoms with van der Waals surface area (Å²) in [6, 6.07) is 10.1. The van der Waals surface area contributed by atoms with Crippen LogP contribution in [0.4, 0.5) is 11.4 Å². The predicted octanol–water partition coefficient (Wildman–Crippen LogP) is 3.15. The molecule has 0 fully saturated rings. The van der Waals surface area contributed by atoms with Crippen LogP contribution in [0.2, 0.25) is 5.02 Å². The number of sulfonamides is 1. The lowest BCUT2D eigenvalue weighted by Crippen LogP contribution is -2.45. The molecule has 0 unspecified atom stereocenters. The third kappa shape index (κ3) is 5.05. The van der Waals surface area contributed by atoms with Crippen molar-refractivity contribution in [1.82, 2.24) is 0 Å². The Labute approximate surface area is 163 Å². The van der Waals surface area contributed by atoms with Gasteiger partial charge in [-0.25, -0.2) is 8.42 Å². The maximum Gasteiger partial charge on any atom is 0.248 e. The Morgan fingerprint density at radius 1 is 1.11 bits per heavy atom. The molecule has 0 saturated heterocycles. The van der Waals surface area contributed by atoms with Crippen LogP contribution in [0.15, 0.2) is 42.5 Å². The highest BCUT2D eigenvalue weighted by Gasteiger charge is 2.29. The smallest absolute Gasteiger partial charge is 0.248 e. The molecule has 0 radical (unpaired) electrons. The predicted molar refractivity (Wildman–Crippen MR) is 106 cm³/mol. The Bertz CT molecular complexity index is 916. The molecule has 0 bridgehead atoms. The van der Waals surface area contributed by atoms with Crippen molar-refractivity contribution in [2.24, 2.45) is 0 Å². The number of carbonyl (C=O) groups excluding carboxylic acids is 1. The molecule has 0 aromatic heterocycles. The van der Waals surface area contributed by atoms with Crippen LogP contribution in [0.25, 0.3) is 0 Å². The molecular formula is C18H21ClN2O5S. The maximum atomic E-state index is 12.7. The van der Waals surface area contributed by atoms with E-state index in [0.717, 1.165) is 10.6 Å². The first kappa shape index (κ1) is 20.9. The van der Waals surface area contributed by atoms with E-state index in [1.54, 1.807) is 36.4 Å². The monoisotopic (exact) mass is 412 g/mol.